The lowest BCUT2D eigenvalue weighted by molar-refractivity contribution is -0.139. The highest BCUT2D eigenvalue weighted by molar-refractivity contribution is 6.35. The number of ether oxygens (including phenoxy) is 2. The molecule has 0 saturated carbocycles. The van der Waals surface area contributed by atoms with Gasteiger partial charge in [-0.1, -0.05) is 25.1 Å². The van der Waals surface area contributed by atoms with Crippen molar-refractivity contribution in [2.75, 3.05) is 19.0 Å². The fourth-order valence-electron chi connectivity index (χ4n) is 2.82. The van der Waals surface area contributed by atoms with Crippen LogP contribution in [0.5, 0.6) is 11.5 Å². The molecule has 0 unspecified atom stereocenters. The van der Waals surface area contributed by atoms with E-state index in [2.05, 4.69) is 21.2 Å². The quantitative estimate of drug-likeness (QED) is 0.306. The number of aryl methyl sites for hydroxylation is 2. The summed E-state index contributed by atoms with van der Waals surface area (Å²) in [5.41, 5.74) is 5.48. The summed E-state index contributed by atoms with van der Waals surface area (Å²) in [7, 11) is 1.47. The summed E-state index contributed by atoms with van der Waals surface area (Å²) in [5, 5.41) is 9.21. The third-order valence-electron chi connectivity index (χ3n) is 4.87. The molecule has 0 aromatic heterocycles. The molecule has 9 nitrogen and oxygen atoms in total. The Balaban J connectivity index is 1.94. The van der Waals surface area contributed by atoms with Crippen LogP contribution in [-0.2, 0) is 14.4 Å². The Morgan fingerprint density at radius 2 is 1.76 bits per heavy atom. The minimum atomic E-state index is -0.853. The van der Waals surface area contributed by atoms with Crippen molar-refractivity contribution in [1.82, 2.24) is 10.7 Å². The first-order valence-corrected chi connectivity index (χ1v) is 10.6. The first-order chi connectivity index (χ1) is 15.7. The van der Waals surface area contributed by atoms with Gasteiger partial charge in [0, 0.05) is 11.7 Å². The largest absolute Gasteiger partial charge is 0.493 e. The van der Waals surface area contributed by atoms with Gasteiger partial charge in [-0.05, 0) is 62.1 Å². The van der Waals surface area contributed by atoms with Crippen molar-refractivity contribution >= 4 is 29.6 Å². The van der Waals surface area contributed by atoms with Crippen LogP contribution in [0.25, 0.3) is 0 Å². The van der Waals surface area contributed by atoms with Gasteiger partial charge in [0.2, 0.25) is 0 Å². The Morgan fingerprint density at radius 1 is 1.06 bits per heavy atom. The number of nitrogens with one attached hydrogen (secondary N) is 3. The Morgan fingerprint density at radius 3 is 2.39 bits per heavy atom. The predicted molar refractivity (Wildman–Crippen MR) is 127 cm³/mol. The van der Waals surface area contributed by atoms with Gasteiger partial charge in [0.05, 0.1) is 13.3 Å². The molecule has 1 atom stereocenters. The Kier molecular flexibility index (Phi) is 9.41. The highest BCUT2D eigenvalue weighted by Gasteiger charge is 2.14. The third-order valence-corrected chi connectivity index (χ3v) is 4.87. The molecule has 176 valence electrons. The molecule has 3 amide bonds. The van der Waals surface area contributed by atoms with Crippen molar-refractivity contribution in [2.24, 2.45) is 5.10 Å². The first-order valence-electron chi connectivity index (χ1n) is 10.6. The topological polar surface area (TPSA) is 118 Å². The number of hydrogen-bond donors (Lipinski definition) is 3. The van der Waals surface area contributed by atoms with Crippen LogP contribution < -0.4 is 25.5 Å². The van der Waals surface area contributed by atoms with E-state index >= 15 is 0 Å². The highest BCUT2D eigenvalue weighted by Crippen LogP contribution is 2.27. The minimum absolute atomic E-state index is 0.105. The molecule has 3 N–H and O–H groups in total. The lowest BCUT2D eigenvalue weighted by Crippen LogP contribution is -2.41. The molecule has 0 bridgehead atoms. The maximum absolute atomic E-state index is 12.3. The van der Waals surface area contributed by atoms with Gasteiger partial charge >= 0.3 is 11.8 Å². The van der Waals surface area contributed by atoms with E-state index in [1.165, 1.54) is 13.3 Å². The predicted octanol–water partition coefficient (Wildman–Crippen LogP) is 2.69. The van der Waals surface area contributed by atoms with E-state index in [1.807, 2.05) is 39.0 Å². The molecule has 2 rings (SSSR count). The number of carbonyl (C=O) groups is 3. The summed E-state index contributed by atoms with van der Waals surface area (Å²) in [6.07, 6.45) is 2.08. The summed E-state index contributed by atoms with van der Waals surface area (Å²) in [6.45, 7) is 7.36. The van der Waals surface area contributed by atoms with E-state index < -0.39 is 11.8 Å². The van der Waals surface area contributed by atoms with E-state index in [0.29, 0.717) is 23.5 Å². The van der Waals surface area contributed by atoms with Gasteiger partial charge in [0.1, 0.15) is 0 Å². The number of nitrogens with zero attached hydrogens (tertiary/aromatic N) is 1. The molecule has 0 spiro atoms. The summed E-state index contributed by atoms with van der Waals surface area (Å²) >= 11 is 0. The minimum Gasteiger partial charge on any atom is -0.493 e. The van der Waals surface area contributed by atoms with Crippen LogP contribution in [0.2, 0.25) is 0 Å². The zero-order valence-electron chi connectivity index (χ0n) is 19.5. The number of anilines is 1. The Bertz CT molecular complexity index is 1020. The Hall–Kier alpha value is -3.88. The van der Waals surface area contributed by atoms with Gasteiger partial charge in [0.25, 0.3) is 5.91 Å². The second kappa shape index (κ2) is 12.2. The fourth-order valence-corrected chi connectivity index (χ4v) is 2.82. The van der Waals surface area contributed by atoms with Crippen molar-refractivity contribution in [3.8, 4) is 11.5 Å². The lowest BCUT2D eigenvalue weighted by Gasteiger charge is -2.13. The molecule has 0 fully saturated rings. The maximum Gasteiger partial charge on any atom is 0.329 e. The number of benzene rings is 2. The molecule has 0 aliphatic carbocycles. The second-order valence-electron chi connectivity index (χ2n) is 7.50. The van der Waals surface area contributed by atoms with Crippen molar-refractivity contribution < 1.29 is 23.9 Å². The second-order valence-corrected chi connectivity index (χ2v) is 7.50. The van der Waals surface area contributed by atoms with Crippen LogP contribution in [0.4, 0.5) is 5.69 Å². The number of hydrogen-bond acceptors (Lipinski definition) is 6. The normalized spacial score (nSPS) is 11.5. The molecule has 0 aliphatic rings. The molecule has 9 heteroatoms. The summed E-state index contributed by atoms with van der Waals surface area (Å²) in [4.78, 5) is 35.8. The van der Waals surface area contributed by atoms with E-state index in [1.54, 1.807) is 25.1 Å². The SMILES string of the molecule is CC[C@H](C)NC(=O)C(=O)N/N=C\c1ccc(OCC(=O)Nc2c(C)cccc2C)c(OC)c1. The van der Waals surface area contributed by atoms with Gasteiger partial charge in [-0.15, -0.1) is 0 Å². The number of methoxy groups -OCH3 is 1. The molecular weight excluding hydrogens is 424 g/mol. The van der Waals surface area contributed by atoms with Gasteiger partial charge in [0.15, 0.2) is 18.1 Å². The van der Waals surface area contributed by atoms with Crippen molar-refractivity contribution in [2.45, 2.75) is 40.2 Å². The van der Waals surface area contributed by atoms with E-state index in [-0.39, 0.29) is 18.6 Å². The van der Waals surface area contributed by atoms with Crippen molar-refractivity contribution in [3.63, 3.8) is 0 Å². The van der Waals surface area contributed by atoms with E-state index in [4.69, 9.17) is 9.47 Å². The fraction of sp³-hybridized carbons (Fsp3) is 0.333. The van der Waals surface area contributed by atoms with Crippen LogP contribution in [0, 0.1) is 13.8 Å². The first kappa shape index (κ1) is 25.4. The molecule has 33 heavy (non-hydrogen) atoms. The van der Waals surface area contributed by atoms with E-state index in [0.717, 1.165) is 16.8 Å². The van der Waals surface area contributed by atoms with Crippen LogP contribution >= 0.6 is 0 Å². The van der Waals surface area contributed by atoms with Crippen LogP contribution in [0.3, 0.4) is 0 Å². The molecule has 0 saturated heterocycles. The standard InChI is InChI=1S/C24H30N4O5/c1-6-17(4)26-23(30)24(31)28-25-13-18-10-11-19(20(12-18)32-5)33-14-21(29)27-22-15(2)8-7-9-16(22)3/h7-13,17H,6,14H2,1-5H3,(H,26,30)(H,27,29)(H,28,31)/b25-13-/t17-/m0/s1. The number of carbonyl (C=O) groups excluding carboxylic acids is 3. The molecular formula is C24H30N4O5. The zero-order chi connectivity index (χ0) is 24.4. The lowest BCUT2D eigenvalue weighted by atomic mass is 10.1. The van der Waals surface area contributed by atoms with Crippen molar-refractivity contribution in [1.29, 1.82) is 0 Å². The molecule has 0 aliphatic heterocycles. The zero-order valence-corrected chi connectivity index (χ0v) is 19.5. The molecule has 0 radical (unpaired) electrons. The summed E-state index contributed by atoms with van der Waals surface area (Å²) in [6, 6.07) is 10.6. The molecule has 2 aromatic rings. The summed E-state index contributed by atoms with van der Waals surface area (Å²) < 4.78 is 10.9. The Labute approximate surface area is 193 Å². The summed E-state index contributed by atoms with van der Waals surface area (Å²) in [5.74, 6) is -1.13. The highest BCUT2D eigenvalue weighted by atomic mass is 16.5. The van der Waals surface area contributed by atoms with Crippen LogP contribution in [-0.4, -0.2) is 43.7 Å². The smallest absolute Gasteiger partial charge is 0.329 e. The number of para-hydroxylation sites is 1. The number of hydrazone groups is 1. The number of rotatable bonds is 9. The van der Waals surface area contributed by atoms with Gasteiger partial charge in [-0.3, -0.25) is 14.4 Å². The van der Waals surface area contributed by atoms with Crippen molar-refractivity contribution in [3.05, 3.63) is 53.1 Å². The van der Waals surface area contributed by atoms with Crippen LogP contribution in [0.15, 0.2) is 41.5 Å². The monoisotopic (exact) mass is 454 g/mol. The van der Waals surface area contributed by atoms with Gasteiger partial charge < -0.3 is 20.1 Å². The molecule has 2 aromatic carbocycles. The van der Waals surface area contributed by atoms with E-state index in [9.17, 15) is 14.4 Å². The average molecular weight is 455 g/mol. The van der Waals surface area contributed by atoms with Gasteiger partial charge in [-0.25, -0.2) is 5.43 Å². The van der Waals surface area contributed by atoms with Gasteiger partial charge in [-0.2, -0.15) is 5.10 Å². The third kappa shape index (κ3) is 7.64. The van der Waals surface area contributed by atoms with Crippen LogP contribution in [0.1, 0.15) is 37.0 Å². The number of amides is 3. The molecule has 0 heterocycles. The maximum atomic E-state index is 12.3. The average Bonchev–Trinajstić information content (AvgIpc) is 2.80.